The predicted molar refractivity (Wildman–Crippen MR) is 62.2 cm³/mol. The number of nitrogens with zero attached hydrogens (tertiary/aromatic N) is 2. The molecule has 1 heterocycles. The van der Waals surface area contributed by atoms with Crippen LogP contribution in [0, 0.1) is 0 Å². The van der Waals surface area contributed by atoms with Crippen molar-refractivity contribution >= 4 is 0 Å². The Kier molecular flexibility index (Phi) is 3.57. The summed E-state index contributed by atoms with van der Waals surface area (Å²) in [7, 11) is 1.73. The molecule has 1 aromatic heterocycles. The summed E-state index contributed by atoms with van der Waals surface area (Å²) in [6.45, 7) is 1.82. The molecule has 1 atom stereocenters. The molecule has 0 spiro atoms. The first-order chi connectivity index (χ1) is 8.91. The largest absolute Gasteiger partial charge is 0.416 e. The summed E-state index contributed by atoms with van der Waals surface area (Å²) in [5.41, 5.74) is -0.497. The van der Waals surface area contributed by atoms with Gasteiger partial charge in [-0.1, -0.05) is 11.2 Å². The summed E-state index contributed by atoms with van der Waals surface area (Å²) in [5.74, 6) is 0.470. The number of hydrogen-bond donors (Lipinski definition) is 1. The van der Waals surface area contributed by atoms with Gasteiger partial charge in [-0.05, 0) is 32.2 Å². The zero-order valence-electron chi connectivity index (χ0n) is 10.3. The van der Waals surface area contributed by atoms with E-state index in [4.69, 9.17) is 4.52 Å². The number of alkyl halides is 3. The molecule has 0 fully saturated rings. The van der Waals surface area contributed by atoms with Crippen LogP contribution in [0.1, 0.15) is 24.4 Å². The summed E-state index contributed by atoms with van der Waals surface area (Å²) in [5, 5.41) is 6.64. The van der Waals surface area contributed by atoms with Gasteiger partial charge in [0.15, 0.2) is 5.82 Å². The van der Waals surface area contributed by atoms with E-state index in [0.717, 1.165) is 12.1 Å². The van der Waals surface area contributed by atoms with Crippen LogP contribution < -0.4 is 5.32 Å². The van der Waals surface area contributed by atoms with Crippen molar-refractivity contribution < 1.29 is 17.7 Å². The van der Waals surface area contributed by atoms with Crippen molar-refractivity contribution in [3.05, 3.63) is 35.7 Å². The van der Waals surface area contributed by atoms with E-state index in [1.807, 2.05) is 6.92 Å². The lowest BCUT2D eigenvalue weighted by Crippen LogP contribution is -2.13. The Morgan fingerprint density at radius 2 is 2.05 bits per heavy atom. The molecule has 4 nitrogen and oxygen atoms in total. The molecule has 1 unspecified atom stereocenters. The predicted octanol–water partition coefficient (Wildman–Crippen LogP) is 3.04. The molecule has 0 saturated heterocycles. The molecule has 7 heteroatoms. The van der Waals surface area contributed by atoms with E-state index < -0.39 is 11.7 Å². The van der Waals surface area contributed by atoms with Crippen LogP contribution in [0.3, 0.4) is 0 Å². The van der Waals surface area contributed by atoms with Crippen molar-refractivity contribution in [3.8, 4) is 11.5 Å². The van der Waals surface area contributed by atoms with Crippen molar-refractivity contribution in [1.29, 1.82) is 0 Å². The highest BCUT2D eigenvalue weighted by Gasteiger charge is 2.30. The highest BCUT2D eigenvalue weighted by molar-refractivity contribution is 5.54. The van der Waals surface area contributed by atoms with Crippen molar-refractivity contribution in [2.45, 2.75) is 19.1 Å². The first kappa shape index (κ1) is 13.5. The Labute approximate surface area is 107 Å². The maximum Gasteiger partial charge on any atom is 0.416 e. The zero-order chi connectivity index (χ0) is 14.0. The van der Waals surface area contributed by atoms with Gasteiger partial charge < -0.3 is 9.84 Å². The second-order valence-electron chi connectivity index (χ2n) is 4.05. The molecule has 1 N–H and O–H groups in total. The normalized spacial score (nSPS) is 13.5. The van der Waals surface area contributed by atoms with Crippen LogP contribution in [-0.2, 0) is 6.18 Å². The van der Waals surface area contributed by atoms with Crippen LogP contribution in [0.4, 0.5) is 13.2 Å². The van der Waals surface area contributed by atoms with Gasteiger partial charge in [0.2, 0.25) is 0 Å². The molecule has 1 aromatic carbocycles. The first-order valence-electron chi connectivity index (χ1n) is 5.60. The molecule has 0 bridgehead atoms. The Hall–Kier alpha value is -1.89. The Balaban J connectivity index is 2.34. The standard InChI is InChI=1S/C12H12F3N3O/c1-7(16-2)10-17-11(19-18-10)8-4-3-5-9(6-8)12(13,14)15/h3-7,16H,1-2H3. The van der Waals surface area contributed by atoms with Crippen LogP contribution in [-0.4, -0.2) is 17.2 Å². The van der Waals surface area contributed by atoms with Gasteiger partial charge >= 0.3 is 6.18 Å². The van der Waals surface area contributed by atoms with Gasteiger partial charge in [0.25, 0.3) is 5.89 Å². The van der Waals surface area contributed by atoms with Gasteiger partial charge in [-0.2, -0.15) is 18.2 Å². The summed E-state index contributed by atoms with van der Waals surface area (Å²) >= 11 is 0. The minimum absolute atomic E-state index is 0.0724. The fourth-order valence-electron chi connectivity index (χ4n) is 1.49. The second kappa shape index (κ2) is 5.00. The van der Waals surface area contributed by atoms with Crippen LogP contribution in [0.25, 0.3) is 11.5 Å². The summed E-state index contributed by atoms with van der Waals surface area (Å²) < 4.78 is 42.8. The topological polar surface area (TPSA) is 51.0 Å². The molecule has 2 rings (SSSR count). The molecule has 19 heavy (non-hydrogen) atoms. The summed E-state index contributed by atoms with van der Waals surface area (Å²) in [6.07, 6.45) is -4.39. The average molecular weight is 271 g/mol. The molecule has 0 aliphatic carbocycles. The number of nitrogens with one attached hydrogen (secondary N) is 1. The maximum atomic E-state index is 12.6. The van der Waals surface area contributed by atoms with Crippen molar-refractivity contribution in [2.24, 2.45) is 0 Å². The molecule has 0 radical (unpaired) electrons. The molecular formula is C12H12F3N3O. The number of hydrogen-bond acceptors (Lipinski definition) is 4. The van der Waals surface area contributed by atoms with Crippen LogP contribution in [0.5, 0.6) is 0 Å². The van der Waals surface area contributed by atoms with E-state index in [0.29, 0.717) is 5.82 Å². The number of aromatic nitrogens is 2. The van der Waals surface area contributed by atoms with E-state index in [2.05, 4.69) is 15.5 Å². The molecule has 2 aromatic rings. The molecule has 0 saturated carbocycles. The SMILES string of the molecule is CNC(C)c1noc(-c2cccc(C(F)(F)F)c2)n1. The number of halogens is 3. The van der Waals surface area contributed by atoms with Crippen LogP contribution in [0.15, 0.2) is 28.8 Å². The maximum absolute atomic E-state index is 12.6. The van der Waals surface area contributed by atoms with Gasteiger partial charge in [0.1, 0.15) is 0 Å². The van der Waals surface area contributed by atoms with E-state index in [1.165, 1.54) is 12.1 Å². The van der Waals surface area contributed by atoms with Gasteiger partial charge in [-0.25, -0.2) is 0 Å². The monoisotopic (exact) mass is 271 g/mol. The van der Waals surface area contributed by atoms with Crippen molar-refractivity contribution in [2.75, 3.05) is 7.05 Å². The lowest BCUT2D eigenvalue weighted by molar-refractivity contribution is -0.137. The molecule has 102 valence electrons. The van der Waals surface area contributed by atoms with E-state index in [1.54, 1.807) is 7.05 Å². The van der Waals surface area contributed by atoms with Crippen LogP contribution >= 0.6 is 0 Å². The lowest BCUT2D eigenvalue weighted by Gasteiger charge is -2.06. The van der Waals surface area contributed by atoms with E-state index in [9.17, 15) is 13.2 Å². The minimum atomic E-state index is -4.39. The third-order valence-electron chi connectivity index (χ3n) is 2.70. The fourth-order valence-corrected chi connectivity index (χ4v) is 1.49. The quantitative estimate of drug-likeness (QED) is 0.932. The van der Waals surface area contributed by atoms with Gasteiger partial charge in [-0.3, -0.25) is 0 Å². The van der Waals surface area contributed by atoms with Crippen molar-refractivity contribution in [1.82, 2.24) is 15.5 Å². The molecular weight excluding hydrogens is 259 g/mol. The number of benzene rings is 1. The third kappa shape index (κ3) is 2.93. The Bertz CT molecular complexity index is 565. The highest BCUT2D eigenvalue weighted by atomic mass is 19.4. The first-order valence-corrected chi connectivity index (χ1v) is 5.60. The fraction of sp³-hybridized carbons (Fsp3) is 0.333. The second-order valence-corrected chi connectivity index (χ2v) is 4.05. The van der Waals surface area contributed by atoms with E-state index in [-0.39, 0.29) is 17.5 Å². The van der Waals surface area contributed by atoms with Crippen LogP contribution in [0.2, 0.25) is 0 Å². The molecule has 0 aliphatic heterocycles. The Morgan fingerprint density at radius 3 is 2.68 bits per heavy atom. The summed E-state index contributed by atoms with van der Waals surface area (Å²) in [4.78, 5) is 4.07. The highest BCUT2D eigenvalue weighted by Crippen LogP contribution is 2.31. The number of rotatable bonds is 3. The molecule has 0 aliphatic rings. The molecule has 0 amide bonds. The van der Waals surface area contributed by atoms with Crippen molar-refractivity contribution in [3.63, 3.8) is 0 Å². The van der Waals surface area contributed by atoms with E-state index >= 15 is 0 Å². The third-order valence-corrected chi connectivity index (χ3v) is 2.70. The van der Waals surface area contributed by atoms with Gasteiger partial charge in [0.05, 0.1) is 11.6 Å². The van der Waals surface area contributed by atoms with Gasteiger partial charge in [0, 0.05) is 5.56 Å². The minimum Gasteiger partial charge on any atom is -0.334 e. The smallest absolute Gasteiger partial charge is 0.334 e. The Morgan fingerprint density at radius 1 is 1.32 bits per heavy atom. The lowest BCUT2D eigenvalue weighted by atomic mass is 10.1. The summed E-state index contributed by atoms with van der Waals surface area (Å²) in [6, 6.07) is 4.65. The van der Waals surface area contributed by atoms with Gasteiger partial charge in [-0.15, -0.1) is 0 Å². The average Bonchev–Trinajstić information content (AvgIpc) is 2.86. The zero-order valence-corrected chi connectivity index (χ0v) is 10.3.